The van der Waals surface area contributed by atoms with E-state index in [1.54, 1.807) is 36.5 Å². The zero-order valence-corrected chi connectivity index (χ0v) is 36.1. The van der Waals surface area contributed by atoms with E-state index in [1.165, 1.54) is 16.9 Å². The van der Waals surface area contributed by atoms with Crippen LogP contribution in [0.1, 0.15) is 22.5 Å². The third kappa shape index (κ3) is 14.1. The molecular formula is C36H21Cl5F10N10S2. The van der Waals surface area contributed by atoms with Gasteiger partial charge in [0.1, 0.15) is 17.2 Å². The van der Waals surface area contributed by atoms with Gasteiger partial charge < -0.3 is 20.3 Å². The molecule has 0 amide bonds. The molecule has 0 aliphatic carbocycles. The second kappa shape index (κ2) is 22.7. The maximum absolute atomic E-state index is 13.1. The van der Waals surface area contributed by atoms with Crippen molar-refractivity contribution in [1.29, 1.82) is 0 Å². The molecular weight excluding hydrogens is 1000 g/mol. The van der Waals surface area contributed by atoms with Crippen LogP contribution < -0.4 is 10.6 Å². The summed E-state index contributed by atoms with van der Waals surface area (Å²) in [4.78, 5) is 14.5. The molecule has 0 bridgehead atoms. The summed E-state index contributed by atoms with van der Waals surface area (Å²) in [6.07, 6.45) is -6.13. The lowest BCUT2D eigenvalue weighted by Gasteiger charge is -2.14. The summed E-state index contributed by atoms with van der Waals surface area (Å²) < 4.78 is 128. The van der Waals surface area contributed by atoms with E-state index in [0.29, 0.717) is 30.2 Å². The van der Waals surface area contributed by atoms with Crippen molar-refractivity contribution >= 4 is 103 Å². The summed E-state index contributed by atoms with van der Waals surface area (Å²) in [5, 5.41) is 12.6. The third-order valence-corrected chi connectivity index (χ3v) is 9.95. The van der Waals surface area contributed by atoms with Gasteiger partial charge in [-0.2, -0.15) is 43.9 Å². The van der Waals surface area contributed by atoms with Crippen molar-refractivity contribution in [3.8, 4) is 11.4 Å². The second-order valence-electron chi connectivity index (χ2n) is 11.6. The first-order valence-electron chi connectivity index (χ1n) is 16.6. The molecule has 332 valence electrons. The molecule has 0 radical (unpaired) electrons. The van der Waals surface area contributed by atoms with Gasteiger partial charge in [-0.15, -0.1) is 9.36 Å². The van der Waals surface area contributed by atoms with Crippen LogP contribution in [0.2, 0.25) is 20.1 Å². The van der Waals surface area contributed by atoms with E-state index >= 15 is 0 Å². The molecule has 27 heteroatoms. The van der Waals surface area contributed by atoms with Gasteiger partial charge >= 0.3 is 18.2 Å². The van der Waals surface area contributed by atoms with Crippen LogP contribution in [0.3, 0.4) is 0 Å². The lowest BCUT2D eigenvalue weighted by atomic mass is 10.2. The summed E-state index contributed by atoms with van der Waals surface area (Å²) >= 11 is 24.3. The van der Waals surface area contributed by atoms with Gasteiger partial charge in [-0.3, -0.25) is 9.97 Å². The van der Waals surface area contributed by atoms with E-state index < -0.39 is 45.0 Å². The Morgan fingerprint density at radius 2 is 1.11 bits per heavy atom. The first-order chi connectivity index (χ1) is 29.7. The van der Waals surface area contributed by atoms with Crippen molar-refractivity contribution in [1.82, 2.24) is 29.5 Å². The molecule has 0 atom stereocenters. The molecule has 4 heterocycles. The molecule has 63 heavy (non-hydrogen) atoms. The minimum atomic E-state index is -4.70. The molecule has 4 aromatic heterocycles. The monoisotopic (exact) mass is 1020 g/mol. The third-order valence-electron chi connectivity index (χ3n) is 7.47. The van der Waals surface area contributed by atoms with E-state index in [1.807, 2.05) is 6.07 Å². The first-order valence-corrected chi connectivity index (χ1v) is 20.7. The predicted molar refractivity (Wildman–Crippen MR) is 224 cm³/mol. The standard InChI is InChI=1S/C18H10Cl2F5N5S.C17H10Cl2F3N5.CHClF2S/c1-26-15-14(31-17(21)22)16(28-8-10-4-2-3-5-27-10)30(29-15)13-11(19)6-9(7-12(13)20)18(23,24)25;1-23-14-8-15(25-9-11-4-2-3-5-24-11)27(26-14)16-12(18)6-10(7-13(16)19)17(20,21)22;2-5-1(3)4/h2-7,17,28H,8H2;2-8,25H,9H2;1H. The number of hydrogen-bond acceptors (Lipinski definition) is 8. The molecule has 2 aromatic carbocycles. The molecule has 0 saturated heterocycles. The summed E-state index contributed by atoms with van der Waals surface area (Å²) in [6.45, 7) is 14.7. The molecule has 0 unspecified atom stereocenters. The van der Waals surface area contributed by atoms with Crippen LogP contribution in [0, 0.1) is 13.1 Å². The van der Waals surface area contributed by atoms with Crippen molar-refractivity contribution in [2.24, 2.45) is 0 Å². The number of anilines is 2. The number of pyridine rings is 2. The Bertz CT molecular complexity index is 2520. The fraction of sp³-hybridized carbons (Fsp3) is 0.167. The molecule has 0 spiro atoms. The number of halogens is 15. The SMILES string of the molecule is FC(F)SCl.[C-]#[N+]c1cc(NCc2ccccn2)n(-c2c(Cl)cc(C(F)(F)F)cc2Cl)n1.[C-]#[N+]c1nn(-c2c(Cl)cc(C(F)(F)F)cc2Cl)c(NCc2ccccn2)c1SC(F)F. The Kier molecular flexibility index (Phi) is 18.3. The highest BCUT2D eigenvalue weighted by Gasteiger charge is 2.35. The van der Waals surface area contributed by atoms with E-state index in [9.17, 15) is 43.9 Å². The number of benzene rings is 2. The van der Waals surface area contributed by atoms with Crippen molar-refractivity contribution in [3.05, 3.63) is 145 Å². The minimum Gasteiger partial charge on any atom is -0.364 e. The number of alkyl halides is 10. The predicted octanol–water partition coefficient (Wildman–Crippen LogP) is 14.9. The molecule has 6 aromatic rings. The highest BCUT2D eigenvalue weighted by molar-refractivity contribution is 8.21. The van der Waals surface area contributed by atoms with Gasteiger partial charge in [0.05, 0.1) is 60.6 Å². The summed E-state index contributed by atoms with van der Waals surface area (Å²) in [7, 11) is 4.52. The van der Waals surface area contributed by atoms with Crippen LogP contribution in [-0.4, -0.2) is 41.0 Å². The molecule has 0 aliphatic rings. The number of thioether (sulfide) groups is 1. The van der Waals surface area contributed by atoms with Gasteiger partial charge in [0, 0.05) is 29.4 Å². The van der Waals surface area contributed by atoms with Gasteiger partial charge in [-0.1, -0.05) is 83.4 Å². The molecule has 0 fully saturated rings. The van der Waals surface area contributed by atoms with Crippen LogP contribution in [-0.2, 0) is 25.4 Å². The van der Waals surface area contributed by atoms with Gasteiger partial charge in [-0.05, 0) is 69.4 Å². The molecule has 2 N–H and O–H groups in total. The van der Waals surface area contributed by atoms with E-state index in [0.717, 1.165) is 22.5 Å². The summed E-state index contributed by atoms with van der Waals surface area (Å²) in [5.41, 5.74) is -0.942. The van der Waals surface area contributed by atoms with Crippen molar-refractivity contribution in [2.75, 3.05) is 10.6 Å². The normalized spacial score (nSPS) is 11.3. The Morgan fingerprint density at radius 1 is 0.651 bits per heavy atom. The Morgan fingerprint density at radius 3 is 1.49 bits per heavy atom. The zero-order chi connectivity index (χ0) is 46.6. The van der Waals surface area contributed by atoms with E-state index in [2.05, 4.69) is 51.2 Å². The van der Waals surface area contributed by atoms with Gasteiger partial charge in [0.2, 0.25) is 0 Å². The largest absolute Gasteiger partial charge is 0.416 e. The van der Waals surface area contributed by atoms with Gasteiger partial charge in [0.15, 0.2) is 5.82 Å². The van der Waals surface area contributed by atoms with Crippen LogP contribution in [0.15, 0.2) is 84.0 Å². The topological polar surface area (TPSA) is 94.2 Å². The summed E-state index contributed by atoms with van der Waals surface area (Å²) in [6, 6.07) is 14.7. The van der Waals surface area contributed by atoms with Crippen LogP contribution >= 0.6 is 79.8 Å². The lowest BCUT2D eigenvalue weighted by Crippen LogP contribution is -2.10. The molecule has 0 aliphatic heterocycles. The van der Waals surface area contributed by atoms with Crippen LogP contribution in [0.5, 0.6) is 0 Å². The average Bonchev–Trinajstić information content (AvgIpc) is 3.79. The maximum Gasteiger partial charge on any atom is 0.416 e. The fourth-order valence-corrected chi connectivity index (χ4v) is 6.86. The first kappa shape index (κ1) is 50.8. The van der Waals surface area contributed by atoms with Gasteiger partial charge in [-0.25, -0.2) is 0 Å². The van der Waals surface area contributed by atoms with Gasteiger partial charge in [0.25, 0.3) is 17.3 Å². The molecule has 6 rings (SSSR count). The van der Waals surface area contributed by atoms with E-state index in [-0.39, 0.29) is 73.1 Å². The molecule has 10 nitrogen and oxygen atoms in total. The Hall–Kier alpha value is -4.81. The minimum absolute atomic E-state index is 0.0185. The molecule has 0 saturated carbocycles. The number of nitrogens with zero attached hydrogens (tertiary/aromatic N) is 8. The quantitative estimate of drug-likeness (QED) is 0.0753. The van der Waals surface area contributed by atoms with Crippen molar-refractivity contribution in [3.63, 3.8) is 0 Å². The van der Waals surface area contributed by atoms with Crippen LogP contribution in [0.4, 0.5) is 67.2 Å². The van der Waals surface area contributed by atoms with E-state index in [4.69, 9.17) is 59.5 Å². The number of nitrogens with one attached hydrogen (secondary N) is 2. The lowest BCUT2D eigenvalue weighted by molar-refractivity contribution is -0.138. The number of aromatic nitrogens is 6. The van der Waals surface area contributed by atoms with Crippen molar-refractivity contribution in [2.45, 2.75) is 41.9 Å². The van der Waals surface area contributed by atoms with Crippen LogP contribution in [0.25, 0.3) is 21.1 Å². The second-order valence-corrected chi connectivity index (χ2v) is 15.3. The highest BCUT2D eigenvalue weighted by atomic mass is 35.7. The Labute approximate surface area is 383 Å². The summed E-state index contributed by atoms with van der Waals surface area (Å²) in [5.74, 6) is -5.41. The smallest absolute Gasteiger partial charge is 0.364 e. The highest BCUT2D eigenvalue weighted by Crippen LogP contribution is 2.45. The fourth-order valence-electron chi connectivity index (χ4n) is 4.92. The van der Waals surface area contributed by atoms with Crippen molar-refractivity contribution < 1.29 is 43.9 Å². The number of hydrogen-bond donors (Lipinski definition) is 2. The number of rotatable bonds is 11. The Balaban J connectivity index is 0.000000252. The average molecular weight is 1030 g/mol. The zero-order valence-electron chi connectivity index (χ0n) is 30.6. The maximum atomic E-state index is 13.1.